The average molecular weight is 850 g/mol. The lowest BCUT2D eigenvalue weighted by Crippen LogP contribution is -2.57. The van der Waals surface area contributed by atoms with Gasteiger partial charge in [-0.05, 0) is 93.3 Å². The number of piperidine rings is 2. The van der Waals surface area contributed by atoms with E-state index in [2.05, 4.69) is 47.0 Å². The van der Waals surface area contributed by atoms with Crippen LogP contribution in [0.5, 0.6) is 5.75 Å². The molecule has 0 spiro atoms. The fraction of sp³-hybridized carbons (Fsp3) is 0.556. The van der Waals surface area contributed by atoms with E-state index in [1.54, 1.807) is 21.9 Å². The second-order valence-electron chi connectivity index (χ2n) is 14.0. The van der Waals surface area contributed by atoms with Crippen LogP contribution in [0.4, 0.5) is 15.3 Å². The molecule has 5 amide bonds. The van der Waals surface area contributed by atoms with Crippen LogP contribution in [-0.4, -0.2) is 154 Å². The molecule has 6 rings (SSSR count). The van der Waals surface area contributed by atoms with Gasteiger partial charge in [-0.2, -0.15) is 0 Å². The lowest BCUT2D eigenvalue weighted by atomic mass is 10.0. The standard InChI is InChI=1S/C36H47Br2N7O7/c1-40(51)32(46)23-41-11-7-26(8-12-41)42-16-18-43(19-17-42)34(48)31(22-24-20-28(37)33(47)29(38)21-24)52-36(50)44-13-9-27(10-14-44)45-15-6-25-4-2-3-5-30(25)39-35(45)49/h2-5,20-21,26-27,31,47,51H,6-19,22-23H2,1H3,(H,39,49)/t31-/m1/s1. The van der Waals surface area contributed by atoms with Crippen molar-refractivity contribution in [3.8, 4) is 5.75 Å². The summed E-state index contributed by atoms with van der Waals surface area (Å²) >= 11 is 6.75. The first-order valence-electron chi connectivity index (χ1n) is 18.0. The fourth-order valence-corrected chi connectivity index (χ4v) is 8.95. The Bertz CT molecular complexity index is 1600. The van der Waals surface area contributed by atoms with E-state index >= 15 is 0 Å². The van der Waals surface area contributed by atoms with Crippen LogP contribution in [-0.2, 0) is 27.2 Å². The van der Waals surface area contributed by atoms with E-state index in [0.29, 0.717) is 84.3 Å². The fourth-order valence-electron chi connectivity index (χ4n) is 7.67. The van der Waals surface area contributed by atoms with Crippen LogP contribution in [0.3, 0.4) is 0 Å². The van der Waals surface area contributed by atoms with Crippen molar-refractivity contribution in [1.29, 1.82) is 0 Å². The predicted molar refractivity (Wildman–Crippen MR) is 200 cm³/mol. The number of fused-ring (bicyclic) bond motifs is 1. The molecule has 0 radical (unpaired) electrons. The van der Waals surface area contributed by atoms with Gasteiger partial charge >= 0.3 is 12.1 Å². The first-order chi connectivity index (χ1) is 25.0. The zero-order chi connectivity index (χ0) is 36.9. The number of hydroxylamine groups is 2. The number of urea groups is 1. The van der Waals surface area contributed by atoms with E-state index in [9.17, 15) is 29.5 Å². The number of ether oxygens (including phenoxy) is 1. The zero-order valence-corrected chi connectivity index (χ0v) is 32.6. The number of piperazine rings is 1. The van der Waals surface area contributed by atoms with E-state index in [-0.39, 0.29) is 42.6 Å². The molecule has 3 saturated heterocycles. The van der Waals surface area contributed by atoms with Gasteiger partial charge in [-0.25, -0.2) is 14.7 Å². The van der Waals surface area contributed by atoms with E-state index < -0.39 is 12.2 Å². The number of aromatic hydroxyl groups is 1. The molecule has 0 aliphatic carbocycles. The van der Waals surface area contributed by atoms with E-state index in [4.69, 9.17) is 4.74 Å². The van der Waals surface area contributed by atoms with Crippen molar-refractivity contribution in [3.05, 3.63) is 56.5 Å². The number of hydrogen-bond acceptors (Lipinski definition) is 9. The molecule has 14 nitrogen and oxygen atoms in total. The topological polar surface area (TPSA) is 149 Å². The molecule has 3 N–H and O–H groups in total. The Labute approximate surface area is 320 Å². The molecular formula is C36H47Br2N7O7. The molecule has 1 atom stereocenters. The highest BCUT2D eigenvalue weighted by Gasteiger charge is 2.36. The molecule has 282 valence electrons. The molecule has 0 aromatic heterocycles. The molecular weight excluding hydrogens is 802 g/mol. The Kier molecular flexibility index (Phi) is 12.6. The summed E-state index contributed by atoms with van der Waals surface area (Å²) in [6, 6.07) is 11.5. The summed E-state index contributed by atoms with van der Waals surface area (Å²) in [5, 5.41) is 23.3. The third-order valence-corrected chi connectivity index (χ3v) is 11.9. The van der Waals surface area contributed by atoms with Crippen molar-refractivity contribution in [1.82, 2.24) is 29.6 Å². The summed E-state index contributed by atoms with van der Waals surface area (Å²) in [5.74, 6) is -0.543. The van der Waals surface area contributed by atoms with Crippen molar-refractivity contribution in [2.24, 2.45) is 0 Å². The summed E-state index contributed by atoms with van der Waals surface area (Å²) in [5.41, 5.74) is 2.65. The van der Waals surface area contributed by atoms with Crippen LogP contribution in [0.15, 0.2) is 45.3 Å². The Morgan fingerprint density at radius 2 is 1.54 bits per heavy atom. The number of likely N-dealkylation sites (tertiary alicyclic amines) is 2. The maximum Gasteiger partial charge on any atom is 0.410 e. The zero-order valence-electron chi connectivity index (χ0n) is 29.4. The number of rotatable bonds is 8. The third-order valence-electron chi connectivity index (χ3n) is 10.7. The first kappa shape index (κ1) is 38.3. The smallest absolute Gasteiger partial charge is 0.410 e. The van der Waals surface area contributed by atoms with Crippen LogP contribution in [0.1, 0.15) is 36.8 Å². The van der Waals surface area contributed by atoms with Crippen molar-refractivity contribution in [3.63, 3.8) is 0 Å². The summed E-state index contributed by atoms with van der Waals surface area (Å²) in [7, 11) is 1.34. The van der Waals surface area contributed by atoms with E-state index in [0.717, 1.165) is 43.6 Å². The molecule has 2 aromatic rings. The van der Waals surface area contributed by atoms with Gasteiger partial charge in [-0.3, -0.25) is 24.6 Å². The van der Waals surface area contributed by atoms with Gasteiger partial charge in [0.15, 0.2) is 6.10 Å². The quantitative estimate of drug-likeness (QED) is 0.265. The first-order valence-corrected chi connectivity index (χ1v) is 19.5. The number of para-hydroxylation sites is 1. The second-order valence-corrected chi connectivity index (χ2v) is 15.7. The molecule has 0 bridgehead atoms. The number of halogens is 2. The number of phenolic OH excluding ortho intramolecular Hbond substituents is 1. The minimum absolute atomic E-state index is 0.0178. The minimum atomic E-state index is -1.07. The molecule has 4 aliphatic heterocycles. The Morgan fingerprint density at radius 3 is 2.19 bits per heavy atom. The summed E-state index contributed by atoms with van der Waals surface area (Å²) in [4.78, 5) is 62.5. The monoisotopic (exact) mass is 847 g/mol. The maximum absolute atomic E-state index is 14.1. The van der Waals surface area contributed by atoms with Crippen LogP contribution < -0.4 is 5.32 Å². The Morgan fingerprint density at radius 1 is 0.904 bits per heavy atom. The van der Waals surface area contributed by atoms with Gasteiger partial charge in [-0.15, -0.1) is 0 Å². The molecule has 4 aliphatic rings. The van der Waals surface area contributed by atoms with Gasteiger partial charge in [0.1, 0.15) is 5.75 Å². The average Bonchev–Trinajstić information content (AvgIpc) is 3.31. The summed E-state index contributed by atoms with van der Waals surface area (Å²) < 4.78 is 6.95. The third kappa shape index (κ3) is 9.19. The Hall–Kier alpha value is -3.44. The maximum atomic E-state index is 14.1. The second kappa shape index (κ2) is 17.1. The molecule has 0 saturated carbocycles. The van der Waals surface area contributed by atoms with Crippen molar-refractivity contribution < 1.29 is 34.2 Å². The molecule has 2 aromatic carbocycles. The predicted octanol–water partition coefficient (Wildman–Crippen LogP) is 3.98. The van der Waals surface area contributed by atoms with Crippen LogP contribution in [0.2, 0.25) is 0 Å². The molecule has 0 unspecified atom stereocenters. The summed E-state index contributed by atoms with van der Waals surface area (Å²) in [6.45, 7) is 5.49. The van der Waals surface area contributed by atoms with Gasteiger partial charge in [0.2, 0.25) is 0 Å². The van der Waals surface area contributed by atoms with Crippen molar-refractivity contribution >= 4 is 61.5 Å². The van der Waals surface area contributed by atoms with Gasteiger partial charge in [0, 0.05) is 90.1 Å². The highest BCUT2D eigenvalue weighted by Crippen LogP contribution is 2.34. The van der Waals surface area contributed by atoms with Crippen molar-refractivity contribution in [2.45, 2.75) is 56.7 Å². The van der Waals surface area contributed by atoms with Gasteiger partial charge in [0.25, 0.3) is 11.8 Å². The van der Waals surface area contributed by atoms with E-state index in [1.165, 1.54) is 7.05 Å². The van der Waals surface area contributed by atoms with E-state index in [1.807, 2.05) is 29.2 Å². The molecule has 3 fully saturated rings. The normalized spacial score (nSPS) is 20.2. The summed E-state index contributed by atoms with van der Waals surface area (Å²) in [6.07, 6.45) is 2.26. The minimum Gasteiger partial charge on any atom is -0.506 e. The van der Waals surface area contributed by atoms with Gasteiger partial charge in [-0.1, -0.05) is 18.2 Å². The number of carbonyl (C=O) groups is 4. The number of amides is 5. The van der Waals surface area contributed by atoms with Crippen LogP contribution >= 0.6 is 31.9 Å². The number of benzene rings is 2. The number of anilines is 1. The number of carbonyl (C=O) groups excluding carboxylic acids is 4. The SMILES string of the molecule is CN(O)C(=O)CN1CCC(N2CCN(C(=O)[C@@H](Cc3cc(Br)c(O)c(Br)c3)OC(=O)N3CCC(N4CCc5ccccc5NC4=O)CC3)CC2)CC1. The lowest BCUT2D eigenvalue weighted by molar-refractivity contribution is -0.160. The van der Waals surface area contributed by atoms with Gasteiger partial charge < -0.3 is 29.9 Å². The number of phenols is 1. The van der Waals surface area contributed by atoms with Crippen molar-refractivity contribution in [2.75, 3.05) is 77.8 Å². The van der Waals surface area contributed by atoms with Gasteiger partial charge in [0.05, 0.1) is 15.5 Å². The highest BCUT2D eigenvalue weighted by molar-refractivity contribution is 9.11. The van der Waals surface area contributed by atoms with Crippen LogP contribution in [0, 0.1) is 0 Å². The number of nitrogens with one attached hydrogen (secondary N) is 1. The molecule has 4 heterocycles. The molecule has 16 heteroatoms. The van der Waals surface area contributed by atoms with Crippen LogP contribution in [0.25, 0.3) is 0 Å². The molecule has 52 heavy (non-hydrogen) atoms. The lowest BCUT2D eigenvalue weighted by Gasteiger charge is -2.43. The number of nitrogens with zero attached hydrogens (tertiary/aromatic N) is 6. The highest BCUT2D eigenvalue weighted by atomic mass is 79.9. The number of hydrogen-bond donors (Lipinski definition) is 3. The number of likely N-dealkylation sites (N-methyl/N-ethyl adjacent to an activating group) is 1. The largest absolute Gasteiger partial charge is 0.506 e. The Balaban J connectivity index is 1.05.